The monoisotopic (exact) mass is 251 g/mol. The van der Waals surface area contributed by atoms with Crippen LogP contribution in [-0.4, -0.2) is 31.9 Å². The zero-order valence-corrected chi connectivity index (χ0v) is 11.6. The summed E-state index contributed by atoms with van der Waals surface area (Å²) in [6.07, 6.45) is 0.945. The fourth-order valence-corrected chi connectivity index (χ4v) is 1.93. The molecule has 0 aliphatic carbocycles. The van der Waals surface area contributed by atoms with Gasteiger partial charge in [-0.15, -0.1) is 0 Å². The number of methoxy groups -OCH3 is 1. The molecule has 1 atom stereocenters. The average molecular weight is 251 g/mol. The van der Waals surface area contributed by atoms with Gasteiger partial charge in [0.1, 0.15) is 5.75 Å². The van der Waals surface area contributed by atoms with Crippen LogP contribution in [0.25, 0.3) is 0 Å². The van der Waals surface area contributed by atoms with E-state index in [4.69, 9.17) is 4.74 Å². The SMILES string of the molecule is COc1ccccc1CCNCC(CO)C(C)C. The summed E-state index contributed by atoms with van der Waals surface area (Å²) >= 11 is 0. The van der Waals surface area contributed by atoms with Crippen molar-refractivity contribution in [2.24, 2.45) is 11.8 Å². The Labute approximate surface area is 110 Å². The van der Waals surface area contributed by atoms with Crippen molar-refractivity contribution in [3.63, 3.8) is 0 Å². The predicted octanol–water partition coefficient (Wildman–Crippen LogP) is 2.09. The van der Waals surface area contributed by atoms with E-state index in [0.717, 1.165) is 25.3 Å². The van der Waals surface area contributed by atoms with Crippen LogP contribution in [0.2, 0.25) is 0 Å². The molecule has 3 heteroatoms. The van der Waals surface area contributed by atoms with Crippen LogP contribution in [0.1, 0.15) is 19.4 Å². The van der Waals surface area contributed by atoms with E-state index >= 15 is 0 Å². The molecule has 3 nitrogen and oxygen atoms in total. The van der Waals surface area contributed by atoms with Crippen molar-refractivity contribution in [3.05, 3.63) is 29.8 Å². The fourth-order valence-electron chi connectivity index (χ4n) is 1.93. The van der Waals surface area contributed by atoms with Crippen molar-refractivity contribution < 1.29 is 9.84 Å². The van der Waals surface area contributed by atoms with E-state index in [1.165, 1.54) is 5.56 Å². The Morgan fingerprint density at radius 3 is 2.61 bits per heavy atom. The van der Waals surface area contributed by atoms with Gasteiger partial charge in [0, 0.05) is 13.2 Å². The molecule has 1 unspecified atom stereocenters. The van der Waals surface area contributed by atoms with Gasteiger partial charge in [0.15, 0.2) is 0 Å². The van der Waals surface area contributed by atoms with E-state index in [9.17, 15) is 5.11 Å². The highest BCUT2D eigenvalue weighted by atomic mass is 16.5. The van der Waals surface area contributed by atoms with Crippen molar-refractivity contribution in [2.75, 3.05) is 26.8 Å². The first-order chi connectivity index (χ1) is 8.69. The molecular formula is C15H25NO2. The van der Waals surface area contributed by atoms with Gasteiger partial charge in [-0.1, -0.05) is 32.0 Å². The number of aliphatic hydroxyl groups excluding tert-OH is 1. The maximum atomic E-state index is 9.23. The van der Waals surface area contributed by atoms with Crippen molar-refractivity contribution in [1.29, 1.82) is 0 Å². The summed E-state index contributed by atoms with van der Waals surface area (Å²) in [4.78, 5) is 0. The second kappa shape index (κ2) is 8.11. The number of aliphatic hydroxyl groups is 1. The molecule has 0 aliphatic rings. The van der Waals surface area contributed by atoms with Gasteiger partial charge in [0.25, 0.3) is 0 Å². The molecular weight excluding hydrogens is 226 g/mol. The molecule has 0 aliphatic heterocycles. The number of ether oxygens (including phenoxy) is 1. The lowest BCUT2D eigenvalue weighted by Gasteiger charge is -2.18. The topological polar surface area (TPSA) is 41.5 Å². The highest BCUT2D eigenvalue weighted by molar-refractivity contribution is 5.33. The maximum absolute atomic E-state index is 9.23. The first-order valence-corrected chi connectivity index (χ1v) is 6.62. The third-order valence-electron chi connectivity index (χ3n) is 3.35. The first-order valence-electron chi connectivity index (χ1n) is 6.62. The Hall–Kier alpha value is -1.06. The van der Waals surface area contributed by atoms with Gasteiger partial charge in [0.2, 0.25) is 0 Å². The van der Waals surface area contributed by atoms with E-state index in [-0.39, 0.29) is 6.61 Å². The van der Waals surface area contributed by atoms with E-state index < -0.39 is 0 Å². The number of benzene rings is 1. The molecule has 2 N–H and O–H groups in total. The zero-order valence-electron chi connectivity index (χ0n) is 11.6. The summed E-state index contributed by atoms with van der Waals surface area (Å²) in [6, 6.07) is 8.09. The smallest absolute Gasteiger partial charge is 0.122 e. The summed E-state index contributed by atoms with van der Waals surface area (Å²) in [5.74, 6) is 1.79. The highest BCUT2D eigenvalue weighted by Gasteiger charge is 2.11. The number of hydrogen-bond acceptors (Lipinski definition) is 3. The van der Waals surface area contributed by atoms with Crippen LogP contribution in [0.4, 0.5) is 0 Å². The van der Waals surface area contributed by atoms with Crippen molar-refractivity contribution in [1.82, 2.24) is 5.32 Å². The largest absolute Gasteiger partial charge is 0.496 e. The number of nitrogens with one attached hydrogen (secondary N) is 1. The normalized spacial score (nSPS) is 12.7. The van der Waals surface area contributed by atoms with Crippen molar-refractivity contribution in [3.8, 4) is 5.75 Å². The number of rotatable bonds is 8. The molecule has 1 aromatic rings. The molecule has 0 aromatic heterocycles. The van der Waals surface area contributed by atoms with E-state index in [1.807, 2.05) is 18.2 Å². The standard InChI is InChI=1S/C15H25NO2/c1-12(2)14(11-17)10-16-9-8-13-6-4-5-7-15(13)18-3/h4-7,12,14,16-17H,8-11H2,1-3H3. The summed E-state index contributed by atoms with van der Waals surface area (Å²) < 4.78 is 5.32. The van der Waals surface area contributed by atoms with Crippen LogP contribution in [-0.2, 0) is 6.42 Å². The van der Waals surface area contributed by atoms with Crippen LogP contribution in [0.3, 0.4) is 0 Å². The molecule has 1 aromatic carbocycles. The van der Waals surface area contributed by atoms with Crippen LogP contribution < -0.4 is 10.1 Å². The summed E-state index contributed by atoms with van der Waals surface area (Å²) in [6.45, 7) is 6.30. The fraction of sp³-hybridized carbons (Fsp3) is 0.600. The highest BCUT2D eigenvalue weighted by Crippen LogP contribution is 2.17. The minimum Gasteiger partial charge on any atom is -0.496 e. The molecule has 0 bridgehead atoms. The van der Waals surface area contributed by atoms with Gasteiger partial charge in [-0.25, -0.2) is 0 Å². The molecule has 0 spiro atoms. The maximum Gasteiger partial charge on any atom is 0.122 e. The second-order valence-corrected chi connectivity index (χ2v) is 4.95. The van der Waals surface area contributed by atoms with Crippen LogP contribution >= 0.6 is 0 Å². The predicted molar refractivity (Wildman–Crippen MR) is 75.0 cm³/mol. The Morgan fingerprint density at radius 2 is 2.00 bits per heavy atom. The number of hydrogen-bond donors (Lipinski definition) is 2. The van der Waals surface area contributed by atoms with Gasteiger partial charge in [-0.05, 0) is 36.4 Å². The molecule has 0 heterocycles. The van der Waals surface area contributed by atoms with E-state index in [0.29, 0.717) is 11.8 Å². The van der Waals surface area contributed by atoms with Gasteiger partial charge in [-0.2, -0.15) is 0 Å². The lowest BCUT2D eigenvalue weighted by atomic mass is 9.97. The van der Waals surface area contributed by atoms with Gasteiger partial charge in [0.05, 0.1) is 7.11 Å². The van der Waals surface area contributed by atoms with Gasteiger partial charge < -0.3 is 15.2 Å². The van der Waals surface area contributed by atoms with Gasteiger partial charge in [-0.3, -0.25) is 0 Å². The van der Waals surface area contributed by atoms with Crippen LogP contribution in [0.5, 0.6) is 5.75 Å². The van der Waals surface area contributed by atoms with Crippen molar-refractivity contribution >= 4 is 0 Å². The summed E-state index contributed by atoms with van der Waals surface area (Å²) in [5, 5.41) is 12.6. The molecule has 0 radical (unpaired) electrons. The minimum atomic E-state index is 0.249. The molecule has 102 valence electrons. The minimum absolute atomic E-state index is 0.249. The molecule has 0 fully saturated rings. The van der Waals surface area contributed by atoms with Crippen LogP contribution in [0, 0.1) is 11.8 Å². The Bertz CT molecular complexity index is 339. The number of para-hydroxylation sites is 1. The van der Waals surface area contributed by atoms with Crippen LogP contribution in [0.15, 0.2) is 24.3 Å². The third kappa shape index (κ3) is 4.67. The molecule has 0 saturated carbocycles. The van der Waals surface area contributed by atoms with E-state index in [2.05, 4.69) is 25.2 Å². The molecule has 0 amide bonds. The zero-order chi connectivity index (χ0) is 13.4. The average Bonchev–Trinajstić information content (AvgIpc) is 2.38. The first kappa shape index (κ1) is 15.0. The summed E-state index contributed by atoms with van der Waals surface area (Å²) in [7, 11) is 1.70. The van der Waals surface area contributed by atoms with Gasteiger partial charge >= 0.3 is 0 Å². The lowest BCUT2D eigenvalue weighted by Crippen LogP contribution is -2.30. The Balaban J connectivity index is 2.33. The third-order valence-corrected chi connectivity index (χ3v) is 3.35. The summed E-state index contributed by atoms with van der Waals surface area (Å²) in [5.41, 5.74) is 1.22. The quantitative estimate of drug-likeness (QED) is 0.695. The van der Waals surface area contributed by atoms with Crippen molar-refractivity contribution in [2.45, 2.75) is 20.3 Å². The molecule has 1 rings (SSSR count). The Morgan fingerprint density at radius 1 is 1.28 bits per heavy atom. The molecule has 18 heavy (non-hydrogen) atoms. The Kier molecular flexibility index (Phi) is 6.76. The lowest BCUT2D eigenvalue weighted by molar-refractivity contribution is 0.186. The van der Waals surface area contributed by atoms with E-state index in [1.54, 1.807) is 7.11 Å². The second-order valence-electron chi connectivity index (χ2n) is 4.95. The molecule has 0 saturated heterocycles.